The van der Waals surface area contributed by atoms with Gasteiger partial charge in [-0.1, -0.05) is 117 Å². The molecule has 4 aliphatic rings. The largest absolute Gasteiger partial charge is 0.393 e. The molecule has 0 saturated heterocycles. The normalized spacial score (nSPS) is 34.9. The second kappa shape index (κ2) is 16.2. The van der Waals surface area contributed by atoms with Crippen LogP contribution in [0.4, 0.5) is 0 Å². The highest BCUT2D eigenvalue weighted by Gasteiger charge is 2.84. The molecular weight excluding hydrogens is 600 g/mol. The van der Waals surface area contributed by atoms with E-state index < -0.39 is 63.7 Å². The molecule has 0 unspecified atom stereocenters. The van der Waals surface area contributed by atoms with Gasteiger partial charge in [-0.25, -0.2) is 0 Å². The number of Topliss-reactive ketones (excluding diaryl/α,β-unsaturated/α-hetero) is 1. The van der Waals surface area contributed by atoms with Crippen molar-refractivity contribution in [1.82, 2.24) is 0 Å². The molecular formula is C38H62O9. The molecule has 0 radical (unpaired) electrons. The van der Waals surface area contributed by atoms with Crippen molar-refractivity contribution in [2.24, 2.45) is 29.1 Å². The first kappa shape index (κ1) is 39.5. The number of unbranched alkanes of at least 4 members (excludes halogenated alkanes) is 12. The van der Waals surface area contributed by atoms with Gasteiger partial charge in [0.05, 0.1) is 18.3 Å². The molecule has 0 aromatic heterocycles. The Morgan fingerprint density at radius 2 is 1.40 bits per heavy atom. The molecule has 268 valence electrons. The van der Waals surface area contributed by atoms with Crippen molar-refractivity contribution in [3.8, 4) is 0 Å². The zero-order valence-corrected chi connectivity index (χ0v) is 29.7. The minimum absolute atomic E-state index is 0.0615. The maximum absolute atomic E-state index is 12.7. The molecule has 0 aromatic rings. The third kappa shape index (κ3) is 7.95. The Labute approximate surface area is 281 Å². The van der Waals surface area contributed by atoms with Crippen molar-refractivity contribution in [2.45, 2.75) is 161 Å². The van der Waals surface area contributed by atoms with Crippen LogP contribution < -0.4 is 0 Å². The highest BCUT2D eigenvalue weighted by atomic mass is 16.6. The summed E-state index contributed by atoms with van der Waals surface area (Å²) in [7, 11) is 0. The molecule has 0 heterocycles. The Bertz CT molecular complexity index is 1170. The van der Waals surface area contributed by atoms with E-state index >= 15 is 0 Å². The predicted octanol–water partition coefficient (Wildman–Crippen LogP) is 5.49. The van der Waals surface area contributed by atoms with Crippen LogP contribution in [0, 0.1) is 29.1 Å². The number of esters is 2. The van der Waals surface area contributed by atoms with Crippen LogP contribution in [0.3, 0.4) is 0 Å². The van der Waals surface area contributed by atoms with E-state index in [2.05, 4.69) is 11.7 Å². The monoisotopic (exact) mass is 662 g/mol. The van der Waals surface area contributed by atoms with Gasteiger partial charge in [-0.15, -0.1) is 0 Å². The second-order valence-corrected chi connectivity index (χ2v) is 15.4. The minimum atomic E-state index is -1.84. The van der Waals surface area contributed by atoms with Gasteiger partial charge in [-0.05, 0) is 24.5 Å². The number of aliphatic hydroxyl groups excluding tert-OH is 2. The number of carbonyl (C=O) groups is 3. The number of fused-ring (bicyclic) bond motifs is 5. The van der Waals surface area contributed by atoms with Crippen LogP contribution in [-0.2, 0) is 19.1 Å². The van der Waals surface area contributed by atoms with Crippen molar-refractivity contribution in [2.75, 3.05) is 6.61 Å². The molecule has 0 spiro atoms. The van der Waals surface area contributed by atoms with Crippen LogP contribution >= 0.6 is 0 Å². The topological polar surface area (TPSA) is 162 Å². The van der Waals surface area contributed by atoms with Gasteiger partial charge in [0, 0.05) is 48.9 Å². The molecule has 0 aliphatic heterocycles. The SMILES string of the molecule is CC1=C[C@H]2[C@]3(O)[C@H](C)[C@@H](O)[C@@]4(O)[C@H]([C@@H]3C=C(CO)C[C@@]2(O)C1=O)C4(C)C.CCCCCCCCCCCCCCCC(=O)OC(C)=O. The fraction of sp³-hybridized carbons (Fsp3) is 0.816. The summed E-state index contributed by atoms with van der Waals surface area (Å²) in [4.78, 5) is 34.4. The van der Waals surface area contributed by atoms with E-state index in [-0.39, 0.29) is 19.0 Å². The van der Waals surface area contributed by atoms with E-state index in [0.29, 0.717) is 17.6 Å². The van der Waals surface area contributed by atoms with Crippen molar-refractivity contribution >= 4 is 17.7 Å². The lowest BCUT2D eigenvalue weighted by atomic mass is 9.59. The Morgan fingerprint density at radius 3 is 1.89 bits per heavy atom. The minimum Gasteiger partial charge on any atom is -0.393 e. The van der Waals surface area contributed by atoms with Crippen LogP contribution in [0.2, 0.25) is 0 Å². The average molecular weight is 663 g/mol. The quantitative estimate of drug-likeness (QED) is 0.0661. The number of hydrogen-bond donors (Lipinski definition) is 5. The van der Waals surface area contributed by atoms with E-state index in [1.807, 2.05) is 13.8 Å². The Morgan fingerprint density at radius 1 is 0.894 bits per heavy atom. The van der Waals surface area contributed by atoms with Gasteiger partial charge < -0.3 is 30.3 Å². The molecule has 9 nitrogen and oxygen atoms in total. The third-order valence-corrected chi connectivity index (χ3v) is 11.8. The van der Waals surface area contributed by atoms with Crippen molar-refractivity contribution in [3.05, 3.63) is 23.3 Å². The van der Waals surface area contributed by atoms with Crippen LogP contribution in [0.1, 0.15) is 138 Å². The van der Waals surface area contributed by atoms with Crippen molar-refractivity contribution < 1.29 is 44.7 Å². The Kier molecular flexibility index (Phi) is 13.6. The fourth-order valence-electron chi connectivity index (χ4n) is 8.95. The van der Waals surface area contributed by atoms with Crippen LogP contribution in [0.15, 0.2) is 23.3 Å². The molecule has 2 fully saturated rings. The first-order valence-electron chi connectivity index (χ1n) is 18.1. The van der Waals surface area contributed by atoms with E-state index in [1.165, 1.54) is 77.6 Å². The number of carbonyl (C=O) groups excluding carboxylic acids is 3. The van der Waals surface area contributed by atoms with E-state index in [0.717, 1.165) is 12.8 Å². The molecule has 47 heavy (non-hydrogen) atoms. The summed E-state index contributed by atoms with van der Waals surface area (Å²) < 4.78 is 4.48. The van der Waals surface area contributed by atoms with Gasteiger partial charge in [-0.2, -0.15) is 0 Å². The summed E-state index contributed by atoms with van der Waals surface area (Å²) >= 11 is 0. The van der Waals surface area contributed by atoms with Gasteiger partial charge in [0.2, 0.25) is 0 Å². The molecule has 0 aromatic carbocycles. The number of rotatable bonds is 15. The lowest BCUT2D eigenvalue weighted by molar-refractivity contribution is -0.209. The third-order valence-electron chi connectivity index (χ3n) is 11.8. The molecule has 0 amide bonds. The number of ketones is 1. The van der Waals surface area contributed by atoms with E-state index in [4.69, 9.17) is 0 Å². The molecule has 5 N–H and O–H groups in total. The van der Waals surface area contributed by atoms with Gasteiger partial charge in [0.25, 0.3) is 0 Å². The average Bonchev–Trinajstić information content (AvgIpc) is 3.41. The summed E-state index contributed by atoms with van der Waals surface area (Å²) in [6.45, 7) is 10.2. The van der Waals surface area contributed by atoms with Crippen LogP contribution in [-0.4, -0.2) is 72.8 Å². The first-order chi connectivity index (χ1) is 22.0. The Hall–Kier alpha value is -1.91. The zero-order valence-electron chi connectivity index (χ0n) is 29.7. The van der Waals surface area contributed by atoms with Gasteiger partial charge in [0.1, 0.15) is 11.2 Å². The summed E-state index contributed by atoms with van der Waals surface area (Å²) in [5.74, 6) is -4.03. The van der Waals surface area contributed by atoms with Gasteiger partial charge in [-0.3, -0.25) is 14.4 Å². The Balaban J connectivity index is 0.000000263. The van der Waals surface area contributed by atoms with Crippen molar-refractivity contribution in [3.63, 3.8) is 0 Å². The maximum atomic E-state index is 12.7. The molecule has 0 bridgehead atoms. The van der Waals surface area contributed by atoms with E-state index in [9.17, 15) is 39.9 Å². The molecule has 2 saturated carbocycles. The summed E-state index contributed by atoms with van der Waals surface area (Å²) in [6, 6.07) is 0. The lowest BCUT2D eigenvalue weighted by Gasteiger charge is -2.51. The van der Waals surface area contributed by atoms with Crippen LogP contribution in [0.25, 0.3) is 0 Å². The van der Waals surface area contributed by atoms with Gasteiger partial charge in [0.15, 0.2) is 5.78 Å². The standard InChI is InChI=1S/C20H28O6.C18H34O3/c1-9-5-13-18(24,15(9)22)7-11(8-21)6-12-14-17(3,4)20(14,26)16(23)10(2)19(12,13)25;1-3-4-5-6-7-8-9-10-11-12-13-14-15-16-18(20)21-17(2)19/h5-6,10,12-14,16,21,23-26H,7-8H2,1-4H3;3-16H2,1-2H3/t10-,12+,13-,14-,16-,18+,19+,20+;/m1./s1. The van der Waals surface area contributed by atoms with Gasteiger partial charge >= 0.3 is 11.9 Å². The molecule has 4 aliphatic carbocycles. The highest BCUT2D eigenvalue weighted by Crippen LogP contribution is 2.74. The number of hydrogen-bond acceptors (Lipinski definition) is 9. The fourth-order valence-corrected chi connectivity index (χ4v) is 8.95. The summed E-state index contributed by atoms with van der Waals surface area (Å²) in [5.41, 5.74) is -4.57. The maximum Gasteiger partial charge on any atom is 0.313 e. The zero-order chi connectivity index (χ0) is 35.2. The molecule has 4 rings (SSSR count). The summed E-state index contributed by atoms with van der Waals surface area (Å²) in [6.07, 6.45) is 19.1. The van der Waals surface area contributed by atoms with E-state index in [1.54, 1.807) is 26.0 Å². The molecule has 8 atom stereocenters. The van der Waals surface area contributed by atoms with Crippen LogP contribution in [0.5, 0.6) is 0 Å². The van der Waals surface area contributed by atoms with Crippen molar-refractivity contribution in [1.29, 1.82) is 0 Å². The number of aliphatic hydroxyl groups is 5. The summed E-state index contributed by atoms with van der Waals surface area (Å²) in [5, 5.41) is 54.9. The second-order valence-electron chi connectivity index (χ2n) is 15.4. The number of ether oxygens (including phenoxy) is 1. The smallest absolute Gasteiger partial charge is 0.313 e. The molecule has 9 heteroatoms. The highest BCUT2D eigenvalue weighted by molar-refractivity contribution is 6.04. The first-order valence-corrected chi connectivity index (χ1v) is 18.1. The lowest BCUT2D eigenvalue weighted by Crippen LogP contribution is -2.65. The predicted molar refractivity (Wildman–Crippen MR) is 180 cm³/mol.